The molecule has 0 amide bonds. The van der Waals surface area contributed by atoms with E-state index in [2.05, 4.69) is 72.8 Å². The number of benzene rings is 4. The van der Waals surface area contributed by atoms with Gasteiger partial charge in [-0.15, -0.1) is 0 Å². The SMILES string of the molecule is c1ccc2nc3c(ccc4c5ccccc5ccc43)cc2c1. The van der Waals surface area contributed by atoms with Gasteiger partial charge in [0.1, 0.15) is 0 Å². The highest BCUT2D eigenvalue weighted by molar-refractivity contribution is 6.17. The maximum atomic E-state index is 4.91. The summed E-state index contributed by atoms with van der Waals surface area (Å²) in [6.07, 6.45) is 0. The Hall–Kier alpha value is -2.93. The minimum atomic E-state index is 1.05. The van der Waals surface area contributed by atoms with Crippen LogP contribution >= 0.6 is 0 Å². The van der Waals surface area contributed by atoms with Crippen LogP contribution in [0.15, 0.2) is 78.9 Å². The Balaban J connectivity index is 2.02. The lowest BCUT2D eigenvalue weighted by Crippen LogP contribution is -1.85. The molecule has 5 rings (SSSR count). The molecule has 0 saturated carbocycles. The van der Waals surface area contributed by atoms with Gasteiger partial charge in [-0.1, -0.05) is 66.7 Å². The molecule has 1 aromatic heterocycles. The first-order chi connectivity index (χ1) is 10.9. The number of fused-ring (bicyclic) bond motifs is 6. The third-order valence-corrected chi connectivity index (χ3v) is 4.41. The zero-order valence-corrected chi connectivity index (χ0v) is 12.0. The zero-order valence-electron chi connectivity index (χ0n) is 12.0. The summed E-state index contributed by atoms with van der Waals surface area (Å²) >= 11 is 0. The van der Waals surface area contributed by atoms with E-state index in [9.17, 15) is 0 Å². The normalized spacial score (nSPS) is 11.6. The molecule has 0 aliphatic rings. The number of hydrogen-bond donors (Lipinski definition) is 0. The molecule has 0 N–H and O–H groups in total. The fourth-order valence-corrected chi connectivity index (χ4v) is 3.33. The van der Waals surface area contributed by atoms with Crippen LogP contribution in [0.25, 0.3) is 43.4 Å². The van der Waals surface area contributed by atoms with Gasteiger partial charge in [-0.3, -0.25) is 0 Å². The molecular formula is C21H13N. The van der Waals surface area contributed by atoms with E-state index in [4.69, 9.17) is 4.98 Å². The maximum Gasteiger partial charge on any atom is 0.0788 e. The summed E-state index contributed by atoms with van der Waals surface area (Å²) in [5.41, 5.74) is 2.14. The van der Waals surface area contributed by atoms with E-state index in [1.165, 1.54) is 32.3 Å². The Morgan fingerprint density at radius 3 is 2.18 bits per heavy atom. The minimum absolute atomic E-state index is 1.05. The number of hydrogen-bond acceptors (Lipinski definition) is 1. The van der Waals surface area contributed by atoms with Gasteiger partial charge in [-0.25, -0.2) is 4.98 Å². The van der Waals surface area contributed by atoms with Gasteiger partial charge in [0.05, 0.1) is 11.0 Å². The fourth-order valence-electron chi connectivity index (χ4n) is 3.33. The molecule has 0 aliphatic carbocycles. The third kappa shape index (κ3) is 1.57. The molecule has 0 atom stereocenters. The number of rotatable bonds is 0. The molecule has 0 aliphatic heterocycles. The standard InChI is InChI=1S/C21H13N/c1-3-7-17-14(5-1)9-12-19-18(17)11-10-16-13-15-6-2-4-8-20(15)22-21(16)19/h1-13H. The highest BCUT2D eigenvalue weighted by atomic mass is 14.7. The number of aromatic nitrogens is 1. The molecule has 0 bridgehead atoms. The third-order valence-electron chi connectivity index (χ3n) is 4.41. The molecule has 5 aromatic rings. The predicted octanol–water partition coefficient (Wildman–Crippen LogP) is 5.69. The van der Waals surface area contributed by atoms with Crippen LogP contribution in [0.5, 0.6) is 0 Å². The Labute approximate surface area is 127 Å². The monoisotopic (exact) mass is 279 g/mol. The van der Waals surface area contributed by atoms with Gasteiger partial charge in [0.25, 0.3) is 0 Å². The lowest BCUT2D eigenvalue weighted by molar-refractivity contribution is 1.52. The van der Waals surface area contributed by atoms with Gasteiger partial charge in [0.2, 0.25) is 0 Å². The Bertz CT molecular complexity index is 1170. The van der Waals surface area contributed by atoms with Crippen molar-refractivity contribution in [3.63, 3.8) is 0 Å². The van der Waals surface area contributed by atoms with Gasteiger partial charge in [0.15, 0.2) is 0 Å². The van der Waals surface area contributed by atoms with Crippen molar-refractivity contribution in [2.75, 3.05) is 0 Å². The van der Waals surface area contributed by atoms with Gasteiger partial charge >= 0.3 is 0 Å². The smallest absolute Gasteiger partial charge is 0.0788 e. The maximum absolute atomic E-state index is 4.91. The highest BCUT2D eigenvalue weighted by Gasteiger charge is 2.06. The minimum Gasteiger partial charge on any atom is -0.247 e. The Kier molecular flexibility index (Phi) is 2.28. The molecule has 1 heteroatoms. The van der Waals surface area contributed by atoms with Crippen LogP contribution in [0.3, 0.4) is 0 Å². The molecule has 0 fully saturated rings. The van der Waals surface area contributed by atoms with E-state index in [-0.39, 0.29) is 0 Å². The molecule has 0 saturated heterocycles. The number of para-hydroxylation sites is 1. The number of pyridine rings is 1. The van der Waals surface area contributed by atoms with Crippen LogP contribution in [0.2, 0.25) is 0 Å². The summed E-state index contributed by atoms with van der Waals surface area (Å²) in [4.78, 5) is 4.91. The molecular weight excluding hydrogens is 266 g/mol. The summed E-state index contributed by atoms with van der Waals surface area (Å²) in [5, 5.41) is 7.44. The molecule has 102 valence electrons. The van der Waals surface area contributed by atoms with Gasteiger partial charge < -0.3 is 0 Å². The van der Waals surface area contributed by atoms with E-state index in [0.29, 0.717) is 0 Å². The Morgan fingerprint density at radius 1 is 0.500 bits per heavy atom. The Morgan fingerprint density at radius 2 is 1.23 bits per heavy atom. The van der Waals surface area contributed by atoms with Crippen molar-refractivity contribution in [1.29, 1.82) is 0 Å². The quantitative estimate of drug-likeness (QED) is 0.262. The van der Waals surface area contributed by atoms with Crippen LogP contribution in [-0.2, 0) is 0 Å². The van der Waals surface area contributed by atoms with Crippen LogP contribution in [0.4, 0.5) is 0 Å². The molecule has 0 spiro atoms. The molecule has 22 heavy (non-hydrogen) atoms. The van der Waals surface area contributed by atoms with Crippen molar-refractivity contribution in [2.24, 2.45) is 0 Å². The summed E-state index contributed by atoms with van der Waals surface area (Å²) in [6, 6.07) is 27.8. The van der Waals surface area contributed by atoms with Crippen LogP contribution < -0.4 is 0 Å². The molecule has 4 aromatic carbocycles. The van der Waals surface area contributed by atoms with Gasteiger partial charge in [-0.05, 0) is 28.3 Å². The van der Waals surface area contributed by atoms with Crippen molar-refractivity contribution < 1.29 is 0 Å². The summed E-state index contributed by atoms with van der Waals surface area (Å²) in [5.74, 6) is 0. The van der Waals surface area contributed by atoms with Crippen molar-refractivity contribution in [3.8, 4) is 0 Å². The van der Waals surface area contributed by atoms with Crippen molar-refractivity contribution in [2.45, 2.75) is 0 Å². The van der Waals surface area contributed by atoms with E-state index in [0.717, 1.165) is 11.0 Å². The molecule has 1 heterocycles. The van der Waals surface area contributed by atoms with E-state index in [1.807, 2.05) is 6.07 Å². The van der Waals surface area contributed by atoms with Crippen LogP contribution in [-0.4, -0.2) is 4.98 Å². The van der Waals surface area contributed by atoms with Crippen LogP contribution in [0, 0.1) is 0 Å². The largest absolute Gasteiger partial charge is 0.247 e. The fraction of sp³-hybridized carbons (Fsp3) is 0. The second kappa shape index (κ2) is 4.28. The first kappa shape index (κ1) is 11.7. The van der Waals surface area contributed by atoms with Crippen LogP contribution in [0.1, 0.15) is 0 Å². The van der Waals surface area contributed by atoms with E-state index in [1.54, 1.807) is 0 Å². The first-order valence-electron chi connectivity index (χ1n) is 7.50. The zero-order chi connectivity index (χ0) is 14.5. The van der Waals surface area contributed by atoms with Gasteiger partial charge in [-0.2, -0.15) is 0 Å². The van der Waals surface area contributed by atoms with Crippen molar-refractivity contribution in [1.82, 2.24) is 4.98 Å². The lowest BCUT2D eigenvalue weighted by atomic mass is 9.99. The highest BCUT2D eigenvalue weighted by Crippen LogP contribution is 2.31. The van der Waals surface area contributed by atoms with E-state index < -0.39 is 0 Å². The summed E-state index contributed by atoms with van der Waals surface area (Å²) in [7, 11) is 0. The summed E-state index contributed by atoms with van der Waals surface area (Å²) < 4.78 is 0. The van der Waals surface area contributed by atoms with E-state index >= 15 is 0 Å². The van der Waals surface area contributed by atoms with Crippen molar-refractivity contribution in [3.05, 3.63) is 78.9 Å². The second-order valence-electron chi connectivity index (χ2n) is 5.70. The van der Waals surface area contributed by atoms with Gasteiger partial charge in [0, 0.05) is 16.2 Å². The molecule has 1 nitrogen and oxygen atoms in total. The van der Waals surface area contributed by atoms with Crippen molar-refractivity contribution >= 4 is 43.4 Å². The average molecular weight is 279 g/mol. The first-order valence-corrected chi connectivity index (χ1v) is 7.50. The number of nitrogens with zero attached hydrogens (tertiary/aromatic N) is 1. The molecule has 0 unspecified atom stereocenters. The second-order valence-corrected chi connectivity index (χ2v) is 5.70. The topological polar surface area (TPSA) is 12.9 Å². The average Bonchev–Trinajstić information content (AvgIpc) is 2.59. The molecule has 0 radical (unpaired) electrons. The lowest BCUT2D eigenvalue weighted by Gasteiger charge is -2.08. The predicted molar refractivity (Wildman–Crippen MR) is 94.3 cm³/mol. The summed E-state index contributed by atoms with van der Waals surface area (Å²) in [6.45, 7) is 0.